The molecule has 0 unspecified atom stereocenters. The van der Waals surface area contributed by atoms with E-state index in [0.717, 1.165) is 12.3 Å². The average Bonchev–Trinajstić information content (AvgIpc) is 2.41. The Bertz CT molecular complexity index is 304. The number of nitrogens with two attached hydrogens (primary N) is 1. The normalized spacial score (nSPS) is 19.1. The molecule has 1 aliphatic rings. The van der Waals surface area contributed by atoms with E-state index >= 15 is 0 Å². The maximum atomic E-state index is 6.30. The number of nitrogens with zero attached hydrogens (tertiary/aromatic N) is 1. The second kappa shape index (κ2) is 6.75. The molecule has 1 aliphatic carbocycles. The monoisotopic (exact) mass is 232 g/mol. The van der Waals surface area contributed by atoms with Crippen molar-refractivity contribution in [2.24, 2.45) is 11.7 Å². The van der Waals surface area contributed by atoms with Gasteiger partial charge in [0.25, 0.3) is 0 Å². The number of pyridine rings is 1. The lowest BCUT2D eigenvalue weighted by molar-refractivity contribution is 0.292. The first-order chi connectivity index (χ1) is 8.36. The summed E-state index contributed by atoms with van der Waals surface area (Å²) < 4.78 is 0. The molecule has 1 aromatic heterocycles. The zero-order valence-corrected chi connectivity index (χ0v) is 10.6. The lowest BCUT2D eigenvalue weighted by Gasteiger charge is -2.27. The van der Waals surface area contributed by atoms with Crippen molar-refractivity contribution in [3.8, 4) is 0 Å². The Morgan fingerprint density at radius 2 is 2.12 bits per heavy atom. The lowest BCUT2D eigenvalue weighted by Crippen LogP contribution is -2.31. The molecule has 2 N–H and O–H groups in total. The van der Waals surface area contributed by atoms with Crippen LogP contribution in [0.25, 0.3) is 0 Å². The van der Waals surface area contributed by atoms with E-state index in [2.05, 4.69) is 11.1 Å². The summed E-state index contributed by atoms with van der Waals surface area (Å²) in [5.41, 5.74) is 7.63. The largest absolute Gasteiger partial charge is 0.327 e. The highest BCUT2D eigenvalue weighted by Gasteiger charge is 2.19. The molecule has 17 heavy (non-hydrogen) atoms. The molecule has 0 radical (unpaired) electrons. The molecule has 1 saturated carbocycles. The van der Waals surface area contributed by atoms with Gasteiger partial charge in [-0.05, 0) is 49.7 Å². The molecule has 0 aromatic carbocycles. The molecular weight excluding hydrogens is 208 g/mol. The molecule has 0 amide bonds. The third-order valence-corrected chi connectivity index (χ3v) is 3.98. The lowest BCUT2D eigenvalue weighted by atomic mass is 9.82. The smallest absolute Gasteiger partial charge is 0.0299 e. The molecule has 0 aliphatic heterocycles. The van der Waals surface area contributed by atoms with Crippen molar-refractivity contribution >= 4 is 0 Å². The second-order valence-corrected chi connectivity index (χ2v) is 5.32. The van der Waals surface area contributed by atoms with Crippen molar-refractivity contribution in [1.29, 1.82) is 0 Å². The molecule has 2 heteroatoms. The summed E-state index contributed by atoms with van der Waals surface area (Å²) in [7, 11) is 0. The van der Waals surface area contributed by atoms with Gasteiger partial charge in [0.2, 0.25) is 0 Å². The number of hydrogen-bond acceptors (Lipinski definition) is 2. The Morgan fingerprint density at radius 1 is 1.29 bits per heavy atom. The van der Waals surface area contributed by atoms with Crippen LogP contribution >= 0.6 is 0 Å². The van der Waals surface area contributed by atoms with E-state index < -0.39 is 0 Å². The van der Waals surface area contributed by atoms with Gasteiger partial charge in [-0.15, -0.1) is 0 Å². The van der Waals surface area contributed by atoms with Crippen molar-refractivity contribution in [3.63, 3.8) is 0 Å². The van der Waals surface area contributed by atoms with Crippen molar-refractivity contribution in [3.05, 3.63) is 30.1 Å². The van der Waals surface area contributed by atoms with Gasteiger partial charge in [-0.25, -0.2) is 0 Å². The van der Waals surface area contributed by atoms with Gasteiger partial charge in [0.1, 0.15) is 0 Å². The van der Waals surface area contributed by atoms with Crippen LogP contribution in [0.2, 0.25) is 0 Å². The van der Waals surface area contributed by atoms with E-state index in [0.29, 0.717) is 6.04 Å². The maximum Gasteiger partial charge on any atom is 0.0299 e. The standard InChI is InChI=1S/C15H24N2/c16-15(14-8-2-1-3-9-14)10-4-6-13-7-5-11-17-12-13/h5,7,11-12,14-15H,1-4,6,8-10,16H2/t15-/m1/s1. The summed E-state index contributed by atoms with van der Waals surface area (Å²) in [4.78, 5) is 4.14. The zero-order chi connectivity index (χ0) is 11.9. The van der Waals surface area contributed by atoms with Crippen molar-refractivity contribution in [1.82, 2.24) is 4.98 Å². The molecule has 2 rings (SSSR count). The van der Waals surface area contributed by atoms with E-state index in [1.165, 1.54) is 50.5 Å². The van der Waals surface area contributed by atoms with Crippen LogP contribution < -0.4 is 5.73 Å². The summed E-state index contributed by atoms with van der Waals surface area (Å²) in [5, 5.41) is 0. The van der Waals surface area contributed by atoms with Crippen LogP contribution in [-0.4, -0.2) is 11.0 Å². The highest BCUT2D eigenvalue weighted by molar-refractivity contribution is 5.08. The van der Waals surface area contributed by atoms with Gasteiger partial charge in [0.15, 0.2) is 0 Å². The first kappa shape index (κ1) is 12.6. The predicted octanol–water partition coefficient (Wildman–Crippen LogP) is 3.31. The van der Waals surface area contributed by atoms with Gasteiger partial charge in [-0.2, -0.15) is 0 Å². The van der Waals surface area contributed by atoms with E-state index in [9.17, 15) is 0 Å². The van der Waals surface area contributed by atoms with Crippen molar-refractivity contribution in [2.45, 2.75) is 57.4 Å². The Balaban J connectivity index is 1.67. The summed E-state index contributed by atoms with van der Waals surface area (Å²) in [6, 6.07) is 4.59. The fourth-order valence-electron chi connectivity index (χ4n) is 2.89. The number of hydrogen-bond donors (Lipinski definition) is 1. The molecular formula is C15H24N2. The third kappa shape index (κ3) is 4.12. The molecule has 1 aromatic rings. The van der Waals surface area contributed by atoms with Gasteiger partial charge < -0.3 is 5.73 Å². The highest BCUT2D eigenvalue weighted by Crippen LogP contribution is 2.27. The van der Waals surface area contributed by atoms with Crippen molar-refractivity contribution < 1.29 is 0 Å². The average molecular weight is 232 g/mol. The van der Waals surface area contributed by atoms with E-state index in [4.69, 9.17) is 5.73 Å². The van der Waals surface area contributed by atoms with E-state index in [-0.39, 0.29) is 0 Å². The quantitative estimate of drug-likeness (QED) is 0.846. The molecule has 0 bridgehead atoms. The summed E-state index contributed by atoms with van der Waals surface area (Å²) in [6.45, 7) is 0. The minimum atomic E-state index is 0.423. The first-order valence-corrected chi connectivity index (χ1v) is 7.01. The van der Waals surface area contributed by atoms with E-state index in [1.54, 1.807) is 0 Å². The van der Waals surface area contributed by atoms with Gasteiger partial charge in [-0.3, -0.25) is 4.98 Å². The number of rotatable bonds is 5. The number of aromatic nitrogens is 1. The van der Waals surface area contributed by atoms with Crippen LogP contribution in [0.3, 0.4) is 0 Å². The first-order valence-electron chi connectivity index (χ1n) is 7.01. The topological polar surface area (TPSA) is 38.9 Å². The fourth-order valence-corrected chi connectivity index (χ4v) is 2.89. The second-order valence-electron chi connectivity index (χ2n) is 5.32. The van der Waals surface area contributed by atoms with E-state index in [1.807, 2.05) is 18.5 Å². The van der Waals surface area contributed by atoms with Gasteiger partial charge in [0, 0.05) is 18.4 Å². The summed E-state index contributed by atoms with van der Waals surface area (Å²) in [5.74, 6) is 0.789. The Labute approximate surface area is 105 Å². The van der Waals surface area contributed by atoms with Crippen LogP contribution in [0.1, 0.15) is 50.5 Å². The molecule has 94 valence electrons. The molecule has 1 fully saturated rings. The Kier molecular flexibility index (Phi) is 4.99. The van der Waals surface area contributed by atoms with Crippen LogP contribution in [-0.2, 0) is 6.42 Å². The SMILES string of the molecule is N[C@H](CCCc1cccnc1)C1CCCCC1. The van der Waals surface area contributed by atoms with Crippen LogP contribution in [0, 0.1) is 5.92 Å². The molecule has 1 heterocycles. The minimum Gasteiger partial charge on any atom is -0.327 e. The number of aryl methyl sites for hydroxylation is 1. The summed E-state index contributed by atoms with van der Waals surface area (Å²) >= 11 is 0. The van der Waals surface area contributed by atoms with Gasteiger partial charge in [-0.1, -0.05) is 25.3 Å². The van der Waals surface area contributed by atoms with Crippen LogP contribution in [0.4, 0.5) is 0 Å². The van der Waals surface area contributed by atoms with Gasteiger partial charge in [0.05, 0.1) is 0 Å². The highest BCUT2D eigenvalue weighted by atomic mass is 14.6. The zero-order valence-electron chi connectivity index (χ0n) is 10.6. The van der Waals surface area contributed by atoms with Crippen LogP contribution in [0.15, 0.2) is 24.5 Å². The minimum absolute atomic E-state index is 0.423. The third-order valence-electron chi connectivity index (χ3n) is 3.98. The fraction of sp³-hybridized carbons (Fsp3) is 0.667. The molecule has 1 atom stereocenters. The Hall–Kier alpha value is -0.890. The van der Waals surface area contributed by atoms with Crippen LogP contribution in [0.5, 0.6) is 0 Å². The van der Waals surface area contributed by atoms with Gasteiger partial charge >= 0.3 is 0 Å². The van der Waals surface area contributed by atoms with Crippen molar-refractivity contribution in [2.75, 3.05) is 0 Å². The molecule has 2 nitrogen and oxygen atoms in total. The predicted molar refractivity (Wildman–Crippen MR) is 71.7 cm³/mol. The Morgan fingerprint density at radius 3 is 2.82 bits per heavy atom. The maximum absolute atomic E-state index is 6.30. The molecule has 0 saturated heterocycles. The molecule has 0 spiro atoms. The summed E-state index contributed by atoms with van der Waals surface area (Å²) in [6.07, 6.45) is 14.2.